The topological polar surface area (TPSA) is 67.2 Å². The quantitative estimate of drug-likeness (QED) is 0.332. The van der Waals surface area contributed by atoms with E-state index in [1.807, 2.05) is 103 Å². The number of carbonyl (C=O) groups is 2. The van der Waals surface area contributed by atoms with Gasteiger partial charge in [0.1, 0.15) is 0 Å². The van der Waals surface area contributed by atoms with Gasteiger partial charge < -0.3 is 4.90 Å². The van der Waals surface area contributed by atoms with Gasteiger partial charge >= 0.3 is 0 Å². The van der Waals surface area contributed by atoms with Gasteiger partial charge in [-0.25, -0.2) is 4.98 Å². The normalized spacial score (nSPS) is 12.8. The van der Waals surface area contributed by atoms with Crippen molar-refractivity contribution in [2.24, 2.45) is 5.92 Å². The van der Waals surface area contributed by atoms with Crippen molar-refractivity contribution in [3.05, 3.63) is 102 Å². The number of carbonyl (C=O) groups excluding carboxylic acids is 2. The van der Waals surface area contributed by atoms with Crippen LogP contribution in [0.15, 0.2) is 85.1 Å². The molecule has 0 atom stereocenters. The third-order valence-corrected chi connectivity index (χ3v) is 6.68. The molecule has 188 valence electrons. The number of nitrogens with one attached hydrogen (secondary N) is 1. The average Bonchev–Trinajstić information content (AvgIpc) is 3.62. The van der Waals surface area contributed by atoms with E-state index in [2.05, 4.69) is 5.32 Å². The number of aromatic nitrogens is 2. The highest BCUT2D eigenvalue weighted by Gasteiger charge is 2.28. The minimum absolute atomic E-state index is 0.00277. The zero-order valence-corrected chi connectivity index (χ0v) is 21.4. The van der Waals surface area contributed by atoms with Crippen molar-refractivity contribution in [2.45, 2.75) is 33.1 Å². The zero-order chi connectivity index (χ0) is 25.8. The Morgan fingerprint density at radius 3 is 2.22 bits per heavy atom. The van der Waals surface area contributed by atoms with E-state index in [4.69, 9.17) is 4.98 Å². The predicted octanol–water partition coefficient (Wildman–Crippen LogP) is 5.58. The minimum atomic E-state index is -0.253. The zero-order valence-electron chi connectivity index (χ0n) is 21.4. The summed E-state index contributed by atoms with van der Waals surface area (Å²) < 4.78 is 1.89. The van der Waals surface area contributed by atoms with Crippen molar-refractivity contribution < 1.29 is 9.59 Å². The van der Waals surface area contributed by atoms with Crippen LogP contribution in [-0.2, 0) is 16.0 Å². The first-order chi connectivity index (χ1) is 17.9. The molecule has 0 saturated heterocycles. The molecule has 1 N–H and O–H groups in total. The van der Waals surface area contributed by atoms with Gasteiger partial charge in [-0.1, -0.05) is 77.9 Å². The highest BCUT2D eigenvalue weighted by molar-refractivity contribution is 5.94. The summed E-state index contributed by atoms with van der Waals surface area (Å²) in [6.45, 7) is 4.70. The van der Waals surface area contributed by atoms with E-state index in [-0.39, 0.29) is 24.8 Å². The molecule has 0 unspecified atom stereocenters. The van der Waals surface area contributed by atoms with Crippen LogP contribution in [0.1, 0.15) is 29.5 Å². The van der Waals surface area contributed by atoms with Crippen LogP contribution in [0, 0.1) is 19.8 Å². The SMILES string of the molecule is Cc1ccc(-c2cn(-c3ccc(C)cc3)c(NC(=O)CN(CC3CC3)C(=O)Cc3ccccc3)n2)cc1. The lowest BCUT2D eigenvalue weighted by Gasteiger charge is -2.22. The van der Waals surface area contributed by atoms with Crippen LogP contribution in [0.2, 0.25) is 0 Å². The molecule has 0 spiro atoms. The molecule has 1 aliphatic rings. The summed E-state index contributed by atoms with van der Waals surface area (Å²) in [5, 5.41) is 2.99. The first-order valence-corrected chi connectivity index (χ1v) is 12.8. The molecule has 1 aliphatic carbocycles. The smallest absolute Gasteiger partial charge is 0.246 e. The van der Waals surface area contributed by atoms with Crippen LogP contribution in [0.3, 0.4) is 0 Å². The molecule has 1 fully saturated rings. The van der Waals surface area contributed by atoms with Gasteiger partial charge in [-0.3, -0.25) is 19.5 Å². The molecule has 2 amide bonds. The van der Waals surface area contributed by atoms with Gasteiger partial charge in [0.05, 0.1) is 18.7 Å². The van der Waals surface area contributed by atoms with Gasteiger partial charge in [0.25, 0.3) is 0 Å². The molecule has 1 saturated carbocycles. The van der Waals surface area contributed by atoms with E-state index in [9.17, 15) is 9.59 Å². The maximum Gasteiger partial charge on any atom is 0.246 e. The molecule has 3 aromatic carbocycles. The number of nitrogens with zero attached hydrogens (tertiary/aromatic N) is 3. The molecule has 0 radical (unpaired) electrons. The summed E-state index contributed by atoms with van der Waals surface area (Å²) in [5.41, 5.74) is 5.92. The predicted molar refractivity (Wildman–Crippen MR) is 147 cm³/mol. The first-order valence-electron chi connectivity index (χ1n) is 12.8. The maximum absolute atomic E-state index is 13.3. The van der Waals surface area contributed by atoms with Gasteiger partial charge in [0, 0.05) is 24.0 Å². The molecule has 6 heteroatoms. The number of imidazole rings is 1. The third kappa shape index (κ3) is 6.33. The summed E-state index contributed by atoms with van der Waals surface area (Å²) in [7, 11) is 0. The molecule has 1 heterocycles. The van der Waals surface area contributed by atoms with Gasteiger partial charge in [-0.15, -0.1) is 0 Å². The fourth-order valence-electron chi connectivity index (χ4n) is 4.32. The molecule has 37 heavy (non-hydrogen) atoms. The fraction of sp³-hybridized carbons (Fsp3) is 0.258. The van der Waals surface area contributed by atoms with Gasteiger partial charge in [0.2, 0.25) is 17.8 Å². The summed E-state index contributed by atoms with van der Waals surface area (Å²) in [5.74, 6) is 0.633. The highest BCUT2D eigenvalue weighted by Crippen LogP contribution is 2.30. The number of benzene rings is 3. The second-order valence-electron chi connectivity index (χ2n) is 9.95. The second-order valence-corrected chi connectivity index (χ2v) is 9.95. The van der Waals surface area contributed by atoms with Crippen molar-refractivity contribution in [1.29, 1.82) is 0 Å². The average molecular weight is 493 g/mol. The standard InChI is InChI=1S/C31H32N4O2/c1-22-8-14-26(15-9-22)28-20-35(27-16-10-23(2)11-17-27)31(32-28)33-29(36)21-34(19-25-12-13-25)30(37)18-24-6-4-3-5-7-24/h3-11,14-17,20,25H,12-13,18-19,21H2,1-2H3,(H,32,33,36). The number of hydrogen-bond donors (Lipinski definition) is 1. The number of aryl methyl sites for hydroxylation is 2. The van der Waals surface area contributed by atoms with Crippen LogP contribution < -0.4 is 5.32 Å². The van der Waals surface area contributed by atoms with E-state index in [0.29, 0.717) is 18.4 Å². The number of rotatable bonds is 9. The van der Waals surface area contributed by atoms with E-state index < -0.39 is 0 Å². The van der Waals surface area contributed by atoms with Crippen molar-refractivity contribution in [3.63, 3.8) is 0 Å². The summed E-state index contributed by atoms with van der Waals surface area (Å²) >= 11 is 0. The fourth-order valence-corrected chi connectivity index (χ4v) is 4.32. The molecule has 5 rings (SSSR count). The molecule has 0 aliphatic heterocycles. The van der Waals surface area contributed by atoms with Crippen molar-refractivity contribution in [3.8, 4) is 16.9 Å². The largest absolute Gasteiger partial charge is 0.333 e. The van der Waals surface area contributed by atoms with Crippen LogP contribution in [-0.4, -0.2) is 39.4 Å². The van der Waals surface area contributed by atoms with Crippen molar-refractivity contribution in [2.75, 3.05) is 18.4 Å². The maximum atomic E-state index is 13.3. The number of hydrogen-bond acceptors (Lipinski definition) is 3. The number of amides is 2. The number of anilines is 1. The summed E-state index contributed by atoms with van der Waals surface area (Å²) in [6, 6.07) is 25.9. The van der Waals surface area contributed by atoms with Gasteiger partial charge in [0.15, 0.2) is 0 Å². The third-order valence-electron chi connectivity index (χ3n) is 6.68. The van der Waals surface area contributed by atoms with Crippen LogP contribution >= 0.6 is 0 Å². The summed E-state index contributed by atoms with van der Waals surface area (Å²) in [6.07, 6.45) is 4.44. The Morgan fingerprint density at radius 1 is 0.919 bits per heavy atom. The molecule has 1 aromatic heterocycles. The Kier molecular flexibility index (Phi) is 7.17. The lowest BCUT2D eigenvalue weighted by molar-refractivity contribution is -0.134. The van der Waals surface area contributed by atoms with Crippen LogP contribution in [0.25, 0.3) is 16.9 Å². The highest BCUT2D eigenvalue weighted by atomic mass is 16.2. The monoisotopic (exact) mass is 492 g/mol. The first kappa shape index (κ1) is 24.5. The molecular formula is C31H32N4O2. The Hall–Kier alpha value is -4.19. The van der Waals surface area contributed by atoms with E-state index in [0.717, 1.165) is 40.9 Å². The van der Waals surface area contributed by atoms with E-state index in [1.54, 1.807) is 4.90 Å². The Bertz CT molecular complexity index is 1370. The van der Waals surface area contributed by atoms with E-state index >= 15 is 0 Å². The van der Waals surface area contributed by atoms with E-state index in [1.165, 1.54) is 5.56 Å². The van der Waals surface area contributed by atoms with Crippen LogP contribution in [0.5, 0.6) is 0 Å². The molecule has 4 aromatic rings. The van der Waals surface area contributed by atoms with Crippen molar-refractivity contribution >= 4 is 17.8 Å². The Morgan fingerprint density at radius 2 is 1.57 bits per heavy atom. The summed E-state index contributed by atoms with van der Waals surface area (Å²) in [4.78, 5) is 32.8. The Labute approximate surface area is 218 Å². The second kappa shape index (κ2) is 10.8. The Balaban J connectivity index is 1.37. The lowest BCUT2D eigenvalue weighted by atomic mass is 10.1. The van der Waals surface area contributed by atoms with Crippen LogP contribution in [0.4, 0.5) is 5.95 Å². The van der Waals surface area contributed by atoms with Gasteiger partial charge in [-0.05, 0) is 50.3 Å². The van der Waals surface area contributed by atoms with Gasteiger partial charge in [-0.2, -0.15) is 0 Å². The minimum Gasteiger partial charge on any atom is -0.333 e. The molecule has 6 nitrogen and oxygen atoms in total. The van der Waals surface area contributed by atoms with Crippen molar-refractivity contribution in [1.82, 2.24) is 14.5 Å². The molecule has 0 bridgehead atoms. The lowest BCUT2D eigenvalue weighted by Crippen LogP contribution is -2.40. The molecular weight excluding hydrogens is 460 g/mol.